The molecule has 0 unspecified atom stereocenters. The van der Waals surface area contributed by atoms with Gasteiger partial charge >= 0.3 is 6.18 Å². The number of halogens is 4. The molecule has 0 saturated carbocycles. The molecule has 0 spiro atoms. The van der Waals surface area contributed by atoms with Crippen LogP contribution in [0.4, 0.5) is 13.2 Å². The van der Waals surface area contributed by atoms with Crippen LogP contribution in [0.5, 0.6) is 0 Å². The van der Waals surface area contributed by atoms with Crippen molar-refractivity contribution in [2.45, 2.75) is 56.7 Å². The zero-order valence-corrected chi connectivity index (χ0v) is 22.6. The van der Waals surface area contributed by atoms with Gasteiger partial charge in [0.2, 0.25) is 0 Å². The lowest BCUT2D eigenvalue weighted by Crippen LogP contribution is -2.43. The quantitative estimate of drug-likeness (QED) is 0.329. The highest BCUT2D eigenvalue weighted by Gasteiger charge is 2.39. The molecule has 4 rings (SSSR count). The van der Waals surface area contributed by atoms with Crippen LogP contribution in [-0.4, -0.2) is 29.6 Å². The van der Waals surface area contributed by atoms with Crippen LogP contribution >= 0.6 is 11.6 Å². The smallest absolute Gasteiger partial charge is 0.385 e. The Morgan fingerprint density at radius 2 is 1.45 bits per heavy atom. The van der Waals surface area contributed by atoms with Crippen LogP contribution in [-0.2, 0) is 17.2 Å². The second-order valence-electron chi connectivity index (χ2n) is 9.42. The van der Waals surface area contributed by atoms with E-state index in [1.807, 2.05) is 74.5 Å². The molecule has 3 aromatic carbocycles. The Hall–Kier alpha value is -2.85. The molecular formula is C31H34ClF3N2O. The van der Waals surface area contributed by atoms with Crippen molar-refractivity contribution >= 4 is 11.6 Å². The Labute approximate surface area is 228 Å². The lowest BCUT2D eigenvalue weighted by Gasteiger charge is -2.39. The molecule has 0 atom stereocenters. The average molecular weight is 543 g/mol. The molecule has 1 heterocycles. The summed E-state index contributed by atoms with van der Waals surface area (Å²) in [5.41, 5.74) is -0.866. The predicted octanol–water partition coefficient (Wildman–Crippen LogP) is 7.96. The topological polar surface area (TPSA) is 47.3 Å². The fraction of sp³-hybridized carbons (Fsp3) is 0.387. The number of hydrogen-bond acceptors (Lipinski definition) is 3. The van der Waals surface area contributed by atoms with E-state index in [-0.39, 0.29) is 10.6 Å². The van der Waals surface area contributed by atoms with Gasteiger partial charge in [-0.1, -0.05) is 92.2 Å². The highest BCUT2D eigenvalue weighted by atomic mass is 35.5. The highest BCUT2D eigenvalue weighted by Crippen LogP contribution is 2.40. The van der Waals surface area contributed by atoms with Crippen LogP contribution < -0.4 is 0 Å². The summed E-state index contributed by atoms with van der Waals surface area (Å²) in [5, 5.41) is 21.1. The number of nitriles is 1. The standard InChI is InChI=1S/C29H28ClF3N2O.C2H6/c30-26-13-12-24(20-25(26)29(31,32)33)28(36)15-18-35(19-16-28)17-7-14-27(21-34,22-8-3-1-4-9-22)23-10-5-2-6-11-23;1-2/h1-6,8-13,20,36H,7,14-19H2;1-2H3. The maximum atomic E-state index is 13.3. The number of likely N-dealkylation sites (tertiary alicyclic amines) is 1. The van der Waals surface area contributed by atoms with Gasteiger partial charge in [-0.15, -0.1) is 0 Å². The monoisotopic (exact) mass is 542 g/mol. The molecule has 1 fully saturated rings. The van der Waals surface area contributed by atoms with Gasteiger partial charge in [-0.2, -0.15) is 18.4 Å². The normalized spacial score (nSPS) is 15.7. The minimum absolute atomic E-state index is 0.246. The van der Waals surface area contributed by atoms with Gasteiger partial charge in [0.25, 0.3) is 0 Å². The van der Waals surface area contributed by atoms with Gasteiger partial charge in [0.05, 0.1) is 22.3 Å². The van der Waals surface area contributed by atoms with E-state index in [9.17, 15) is 23.5 Å². The summed E-state index contributed by atoms with van der Waals surface area (Å²) in [4.78, 5) is 2.20. The first-order chi connectivity index (χ1) is 18.2. The molecule has 7 heteroatoms. The van der Waals surface area contributed by atoms with Crippen molar-refractivity contribution < 1.29 is 18.3 Å². The first-order valence-electron chi connectivity index (χ1n) is 13.0. The predicted molar refractivity (Wildman–Crippen MR) is 146 cm³/mol. The third-order valence-corrected chi connectivity index (χ3v) is 7.57. The van der Waals surface area contributed by atoms with Gasteiger partial charge in [0, 0.05) is 13.1 Å². The van der Waals surface area contributed by atoms with E-state index < -0.39 is 22.8 Å². The van der Waals surface area contributed by atoms with Gasteiger partial charge in [-0.05, 0) is 61.1 Å². The van der Waals surface area contributed by atoms with Crippen molar-refractivity contribution in [3.8, 4) is 6.07 Å². The SMILES string of the molecule is CC.N#CC(CCCN1CCC(O)(c2ccc(Cl)c(C(F)(F)F)c2)CC1)(c1ccccc1)c1ccccc1. The third-order valence-electron chi connectivity index (χ3n) is 7.24. The summed E-state index contributed by atoms with van der Waals surface area (Å²) < 4.78 is 39.9. The van der Waals surface area contributed by atoms with E-state index in [1.54, 1.807) is 0 Å². The maximum Gasteiger partial charge on any atom is 0.417 e. The summed E-state index contributed by atoms with van der Waals surface area (Å²) in [6.07, 6.45) is -2.53. The van der Waals surface area contributed by atoms with Gasteiger partial charge < -0.3 is 10.0 Å². The fourth-order valence-electron chi connectivity index (χ4n) is 5.12. The Bertz CT molecular complexity index is 1160. The summed E-state index contributed by atoms with van der Waals surface area (Å²) in [5.74, 6) is 0. The maximum absolute atomic E-state index is 13.3. The first kappa shape index (κ1) is 29.7. The van der Waals surface area contributed by atoms with Crippen LogP contribution in [0.2, 0.25) is 5.02 Å². The van der Waals surface area contributed by atoms with Crippen molar-refractivity contribution in [1.82, 2.24) is 4.90 Å². The highest BCUT2D eigenvalue weighted by molar-refractivity contribution is 6.31. The molecular weight excluding hydrogens is 509 g/mol. The molecule has 0 aliphatic carbocycles. The first-order valence-corrected chi connectivity index (χ1v) is 13.4. The molecule has 1 aliphatic heterocycles. The van der Waals surface area contributed by atoms with E-state index in [2.05, 4.69) is 11.0 Å². The molecule has 0 amide bonds. The average Bonchev–Trinajstić information content (AvgIpc) is 2.94. The van der Waals surface area contributed by atoms with Crippen molar-refractivity contribution in [2.24, 2.45) is 0 Å². The van der Waals surface area contributed by atoms with E-state index in [1.165, 1.54) is 12.1 Å². The molecule has 0 radical (unpaired) electrons. The summed E-state index contributed by atoms with van der Waals surface area (Å²) in [6.45, 7) is 5.83. The van der Waals surface area contributed by atoms with E-state index in [0.717, 1.165) is 30.2 Å². The van der Waals surface area contributed by atoms with Gasteiger partial charge in [-0.25, -0.2) is 0 Å². The molecule has 0 bridgehead atoms. The van der Waals surface area contributed by atoms with Crippen LogP contribution in [0, 0.1) is 11.3 Å². The molecule has 1 aliphatic rings. The number of benzene rings is 3. The lowest BCUT2D eigenvalue weighted by atomic mass is 9.72. The summed E-state index contributed by atoms with van der Waals surface area (Å²) >= 11 is 5.75. The Morgan fingerprint density at radius 1 is 0.921 bits per heavy atom. The van der Waals surface area contributed by atoms with Crippen molar-refractivity contribution in [3.05, 3.63) is 106 Å². The molecule has 1 saturated heterocycles. The second-order valence-corrected chi connectivity index (χ2v) is 9.83. The molecule has 1 N–H and O–H groups in total. The summed E-state index contributed by atoms with van der Waals surface area (Å²) in [7, 11) is 0. The minimum Gasteiger partial charge on any atom is -0.385 e. The van der Waals surface area contributed by atoms with Gasteiger partial charge in [-0.3, -0.25) is 0 Å². The number of alkyl halides is 3. The molecule has 0 aromatic heterocycles. The third kappa shape index (κ3) is 6.58. The van der Waals surface area contributed by atoms with Crippen LogP contribution in [0.25, 0.3) is 0 Å². The van der Waals surface area contributed by atoms with E-state index >= 15 is 0 Å². The number of piperidine rings is 1. The van der Waals surface area contributed by atoms with E-state index in [0.29, 0.717) is 32.4 Å². The zero-order chi connectivity index (χ0) is 27.8. The summed E-state index contributed by atoms with van der Waals surface area (Å²) in [6, 6.07) is 25.8. The Morgan fingerprint density at radius 3 is 1.92 bits per heavy atom. The lowest BCUT2D eigenvalue weighted by molar-refractivity contribution is -0.137. The molecule has 202 valence electrons. The molecule has 3 nitrogen and oxygen atoms in total. The number of hydrogen-bond donors (Lipinski definition) is 1. The zero-order valence-electron chi connectivity index (χ0n) is 21.8. The number of aliphatic hydroxyl groups is 1. The number of rotatable bonds is 7. The Balaban J connectivity index is 0.00000195. The van der Waals surface area contributed by atoms with Gasteiger partial charge in [0.15, 0.2) is 0 Å². The minimum atomic E-state index is -4.57. The van der Waals surface area contributed by atoms with E-state index in [4.69, 9.17) is 11.6 Å². The van der Waals surface area contributed by atoms with Crippen molar-refractivity contribution in [2.75, 3.05) is 19.6 Å². The molecule has 3 aromatic rings. The Kier molecular flexibility index (Phi) is 10.0. The van der Waals surface area contributed by atoms with Crippen LogP contribution in [0.1, 0.15) is 61.8 Å². The van der Waals surface area contributed by atoms with Crippen molar-refractivity contribution in [1.29, 1.82) is 5.26 Å². The largest absolute Gasteiger partial charge is 0.417 e. The second kappa shape index (κ2) is 12.8. The van der Waals surface area contributed by atoms with Crippen LogP contribution in [0.3, 0.4) is 0 Å². The van der Waals surface area contributed by atoms with Crippen LogP contribution in [0.15, 0.2) is 78.9 Å². The van der Waals surface area contributed by atoms with Gasteiger partial charge in [0.1, 0.15) is 5.41 Å². The fourth-order valence-corrected chi connectivity index (χ4v) is 5.35. The number of nitrogens with zero attached hydrogens (tertiary/aromatic N) is 2. The molecule has 38 heavy (non-hydrogen) atoms. The van der Waals surface area contributed by atoms with Crippen molar-refractivity contribution in [3.63, 3.8) is 0 Å².